The molecule has 2 aromatic carbocycles. The molecule has 11 nitrogen and oxygen atoms in total. The summed E-state index contributed by atoms with van der Waals surface area (Å²) in [6.07, 6.45) is 0. The normalized spacial score (nSPS) is 27.8. The molecule has 1 heterocycles. The Balaban J connectivity index is 1.68. The summed E-state index contributed by atoms with van der Waals surface area (Å²) in [6, 6.07) is 8.18. The number of amides is 3. The van der Waals surface area contributed by atoms with Crippen LogP contribution < -0.4 is 0 Å². The lowest BCUT2D eigenvalue weighted by molar-refractivity contribution is -0.385. The molecule has 3 amide bonds. The molecule has 2 fully saturated rings. The number of nitro benzene ring substituents is 2. The number of alkyl halides is 4. The van der Waals surface area contributed by atoms with E-state index in [1.807, 2.05) is 0 Å². The number of hydrogen-bond donors (Lipinski definition) is 0. The molecule has 2 aromatic rings. The van der Waals surface area contributed by atoms with Crippen molar-refractivity contribution in [2.24, 2.45) is 11.8 Å². The first-order chi connectivity index (χ1) is 19.0. The second kappa shape index (κ2) is 9.84. The summed E-state index contributed by atoms with van der Waals surface area (Å²) >= 11 is 45.1. The highest BCUT2D eigenvalue weighted by Crippen LogP contribution is 2.77. The van der Waals surface area contributed by atoms with Gasteiger partial charge in [0.1, 0.15) is 15.3 Å². The summed E-state index contributed by atoms with van der Waals surface area (Å²) in [7, 11) is 0. The lowest BCUT2D eigenvalue weighted by atomic mass is 9.84. The van der Waals surface area contributed by atoms with Gasteiger partial charge in [-0.25, -0.2) is 5.01 Å². The van der Waals surface area contributed by atoms with E-state index in [1.54, 1.807) is 0 Å². The number of allylic oxidation sites excluding steroid dienone is 2. The predicted octanol–water partition coefficient (Wildman–Crippen LogP) is 6.16. The van der Waals surface area contributed by atoms with Gasteiger partial charge in [0.05, 0.1) is 43.9 Å². The van der Waals surface area contributed by atoms with Crippen LogP contribution >= 0.6 is 81.2 Å². The lowest BCUT2D eigenvalue weighted by Crippen LogP contribution is -2.55. The highest BCUT2D eigenvalue weighted by Gasteiger charge is 2.88. The zero-order chi connectivity index (χ0) is 30.4. The van der Waals surface area contributed by atoms with E-state index < -0.39 is 77.0 Å². The second-order valence-electron chi connectivity index (χ2n) is 9.24. The average Bonchev–Trinajstić information content (AvgIpc) is 3.30. The van der Waals surface area contributed by atoms with E-state index >= 15 is 0 Å². The van der Waals surface area contributed by atoms with Gasteiger partial charge in [0, 0.05) is 17.2 Å². The SMILES string of the molecule is O=C(c1ccccc1[N+](=O)[O-])N(Cc1ccc(Cl)cc1[N+](=O)[O-])N1C(=O)[C@@H]2[C@@H](C1=O)[C@@]1(Cl)C(Cl)=C(Cl)[C@@]2(Cl)C1(Cl)Cl. The maximum absolute atomic E-state index is 14.0. The van der Waals surface area contributed by atoms with Crippen molar-refractivity contribution in [3.05, 3.63) is 88.9 Å². The van der Waals surface area contributed by atoms with Gasteiger partial charge in [-0.05, 0) is 18.2 Å². The molecule has 1 saturated carbocycles. The number of rotatable bonds is 6. The second-order valence-corrected chi connectivity index (χ2v) is 12.9. The van der Waals surface area contributed by atoms with Crippen LogP contribution in [0.1, 0.15) is 15.9 Å². The Labute approximate surface area is 264 Å². The molecule has 3 aliphatic rings. The van der Waals surface area contributed by atoms with Crippen LogP contribution in [0.4, 0.5) is 11.4 Å². The zero-order valence-corrected chi connectivity index (χ0v) is 25.0. The fraction of sp³-hybridized carbons (Fsp3) is 0.261. The number of fused-ring (bicyclic) bond motifs is 5. The van der Waals surface area contributed by atoms with Gasteiger partial charge in [-0.3, -0.25) is 34.6 Å². The van der Waals surface area contributed by atoms with Crippen LogP contribution in [-0.4, -0.2) is 51.7 Å². The van der Waals surface area contributed by atoms with E-state index in [-0.39, 0.29) is 20.7 Å². The Morgan fingerprint density at radius 3 is 1.88 bits per heavy atom. The lowest BCUT2D eigenvalue weighted by Gasteiger charge is -2.37. The van der Waals surface area contributed by atoms with Gasteiger partial charge in [0.2, 0.25) is 0 Å². The van der Waals surface area contributed by atoms with Gasteiger partial charge in [-0.2, -0.15) is 5.01 Å². The number of hydrazine groups is 1. The molecule has 0 spiro atoms. The zero-order valence-electron chi connectivity index (χ0n) is 19.7. The van der Waals surface area contributed by atoms with Crippen LogP contribution in [0.3, 0.4) is 0 Å². The van der Waals surface area contributed by atoms with Crippen molar-refractivity contribution in [3.8, 4) is 0 Å². The minimum Gasteiger partial charge on any atom is -0.272 e. The first-order valence-electron chi connectivity index (χ1n) is 11.2. The maximum Gasteiger partial charge on any atom is 0.282 e. The fourth-order valence-corrected chi connectivity index (χ4v) is 8.50. The third kappa shape index (κ3) is 3.83. The molecule has 1 saturated heterocycles. The number of hydrogen-bond acceptors (Lipinski definition) is 7. The Morgan fingerprint density at radius 2 is 1.37 bits per heavy atom. The van der Waals surface area contributed by atoms with Crippen molar-refractivity contribution in [3.63, 3.8) is 0 Å². The largest absolute Gasteiger partial charge is 0.282 e. The highest BCUT2D eigenvalue weighted by atomic mass is 35.5. The summed E-state index contributed by atoms with van der Waals surface area (Å²) in [5, 5.41) is 23.6. The molecule has 2 bridgehead atoms. The van der Waals surface area contributed by atoms with E-state index in [1.165, 1.54) is 24.3 Å². The molecule has 0 radical (unpaired) electrons. The summed E-state index contributed by atoms with van der Waals surface area (Å²) in [6.45, 7) is -0.790. The molecule has 2 aliphatic carbocycles. The smallest absolute Gasteiger partial charge is 0.272 e. The molecule has 41 heavy (non-hydrogen) atoms. The Bertz CT molecular complexity index is 1590. The summed E-state index contributed by atoms with van der Waals surface area (Å²) in [5.74, 6) is -6.79. The van der Waals surface area contributed by atoms with Crippen molar-refractivity contribution in [1.82, 2.24) is 10.0 Å². The number of carbonyl (C=O) groups excluding carboxylic acids is 3. The summed E-state index contributed by atoms with van der Waals surface area (Å²) in [5.41, 5.74) is -1.93. The van der Waals surface area contributed by atoms with Crippen LogP contribution in [-0.2, 0) is 16.1 Å². The highest BCUT2D eigenvalue weighted by molar-refractivity contribution is 6.66. The van der Waals surface area contributed by atoms with Gasteiger partial charge in [0.15, 0.2) is 4.33 Å². The van der Waals surface area contributed by atoms with Crippen LogP contribution in [0.2, 0.25) is 5.02 Å². The van der Waals surface area contributed by atoms with Crippen molar-refractivity contribution in [1.29, 1.82) is 0 Å². The molecule has 4 atom stereocenters. The summed E-state index contributed by atoms with van der Waals surface area (Å²) in [4.78, 5) is 59.3. The minimum absolute atomic E-state index is 0.0134. The third-order valence-electron chi connectivity index (χ3n) is 7.26. The van der Waals surface area contributed by atoms with Crippen molar-refractivity contribution >= 4 is 110 Å². The van der Waals surface area contributed by atoms with Gasteiger partial charge >= 0.3 is 0 Å². The number of imide groups is 1. The number of halogens is 7. The van der Waals surface area contributed by atoms with Crippen molar-refractivity contribution in [2.75, 3.05) is 0 Å². The number of nitrogens with zero attached hydrogens (tertiary/aromatic N) is 4. The van der Waals surface area contributed by atoms with Gasteiger partial charge in [-0.15, -0.1) is 23.2 Å². The number of carbonyl (C=O) groups is 3. The Kier molecular flexibility index (Phi) is 7.22. The molecule has 0 N–H and O–H groups in total. The molecule has 18 heteroatoms. The van der Waals surface area contributed by atoms with E-state index in [4.69, 9.17) is 81.2 Å². The number of nitro groups is 2. The van der Waals surface area contributed by atoms with E-state index in [0.29, 0.717) is 10.0 Å². The van der Waals surface area contributed by atoms with Gasteiger partial charge in [-0.1, -0.05) is 70.1 Å². The van der Waals surface area contributed by atoms with Crippen LogP contribution in [0, 0.1) is 32.1 Å². The fourth-order valence-electron chi connectivity index (χ4n) is 5.41. The molecule has 1 aliphatic heterocycles. The van der Waals surface area contributed by atoms with Gasteiger partial charge in [0.25, 0.3) is 29.1 Å². The van der Waals surface area contributed by atoms with Crippen molar-refractivity contribution in [2.45, 2.75) is 20.6 Å². The molecule has 214 valence electrons. The third-order valence-corrected chi connectivity index (χ3v) is 11.8. The first kappa shape index (κ1) is 30.1. The number of para-hydroxylation sites is 1. The van der Waals surface area contributed by atoms with Crippen molar-refractivity contribution < 1.29 is 24.2 Å². The van der Waals surface area contributed by atoms with Crippen LogP contribution in [0.5, 0.6) is 0 Å². The standard InChI is InChI=1S/C23H11Cl7N4O7/c24-10-6-5-9(13(7-10)34(40)41)8-31(18(35)11-3-1-2-4-12(11)33(38)39)32-19(36)14-15(20(32)37)22(28)17(26)16(25)21(14,27)23(22,29)30/h1-7,14-15H,8H2/t14-,15-,21+,22+/m0/s1. The average molecular weight is 704 g/mol. The van der Waals surface area contributed by atoms with E-state index in [2.05, 4.69) is 0 Å². The molecular formula is C23H11Cl7N4O7. The topological polar surface area (TPSA) is 144 Å². The van der Waals surface area contributed by atoms with E-state index in [9.17, 15) is 34.6 Å². The number of benzene rings is 2. The predicted molar refractivity (Wildman–Crippen MR) is 150 cm³/mol. The first-order valence-corrected chi connectivity index (χ1v) is 13.9. The molecule has 5 rings (SSSR count). The maximum atomic E-state index is 14.0. The minimum atomic E-state index is -2.26. The molecular weight excluding hydrogens is 692 g/mol. The Hall–Kier alpha value is -2.38. The molecule has 0 aromatic heterocycles. The quantitative estimate of drug-likeness (QED) is 0.152. The monoisotopic (exact) mass is 700 g/mol. The van der Waals surface area contributed by atoms with Crippen LogP contribution in [0.25, 0.3) is 0 Å². The molecule has 0 unspecified atom stereocenters. The van der Waals surface area contributed by atoms with Gasteiger partial charge < -0.3 is 0 Å². The summed E-state index contributed by atoms with van der Waals surface area (Å²) < 4.78 is -2.26. The van der Waals surface area contributed by atoms with Crippen LogP contribution in [0.15, 0.2) is 52.5 Å². The Morgan fingerprint density at radius 1 is 0.854 bits per heavy atom. The van der Waals surface area contributed by atoms with E-state index in [0.717, 1.165) is 18.2 Å².